The van der Waals surface area contributed by atoms with Gasteiger partial charge in [0.1, 0.15) is 11.5 Å². The quantitative estimate of drug-likeness (QED) is 0.353. The van der Waals surface area contributed by atoms with E-state index in [-0.39, 0.29) is 11.3 Å². The molecule has 0 aliphatic heterocycles. The van der Waals surface area contributed by atoms with Crippen LogP contribution < -0.4 is 4.74 Å². The molecule has 0 bridgehead atoms. The van der Waals surface area contributed by atoms with Crippen molar-refractivity contribution in [3.05, 3.63) is 95.6 Å². The van der Waals surface area contributed by atoms with Crippen LogP contribution in [0.2, 0.25) is 0 Å². The summed E-state index contributed by atoms with van der Waals surface area (Å²) in [6.45, 7) is 0. The van der Waals surface area contributed by atoms with E-state index >= 15 is 0 Å². The lowest BCUT2D eigenvalue weighted by Gasteiger charge is -2.10. The summed E-state index contributed by atoms with van der Waals surface area (Å²) in [5, 5.41) is -0.569. The highest BCUT2D eigenvalue weighted by Crippen LogP contribution is 2.27. The molecule has 0 heterocycles. The molecule has 0 saturated carbocycles. The summed E-state index contributed by atoms with van der Waals surface area (Å²) in [5.74, 6) is -0.588. The van der Waals surface area contributed by atoms with Gasteiger partial charge in [-0.25, -0.2) is 0 Å². The summed E-state index contributed by atoms with van der Waals surface area (Å²) in [6.07, 6.45) is 0. The van der Waals surface area contributed by atoms with Gasteiger partial charge in [-0.15, -0.1) is 0 Å². The van der Waals surface area contributed by atoms with Crippen LogP contribution in [0.4, 0.5) is 0 Å². The fourth-order valence-electron chi connectivity index (χ4n) is 2.37. The Morgan fingerprint density at radius 1 is 0.654 bits per heavy atom. The van der Waals surface area contributed by atoms with E-state index in [1.807, 2.05) is 0 Å². The van der Waals surface area contributed by atoms with E-state index < -0.39 is 16.8 Å². The summed E-state index contributed by atoms with van der Waals surface area (Å²) in [5.41, 5.74) is 0.818. The maximum absolute atomic E-state index is 12.6. The Bertz CT molecular complexity index is 963. The highest BCUT2D eigenvalue weighted by Gasteiger charge is 2.21. The molecule has 0 unspecified atom stereocenters. The number of ketones is 2. The molecule has 5 heteroatoms. The summed E-state index contributed by atoms with van der Waals surface area (Å²) < 4.78 is 5.72. The molecule has 0 N–H and O–H groups in total. The number of para-hydroxylation sites is 1. The maximum atomic E-state index is 12.6. The fraction of sp³-hybridized carbons (Fsp3) is 0. The first-order valence-corrected chi connectivity index (χ1v) is 8.15. The van der Waals surface area contributed by atoms with Crippen LogP contribution in [-0.2, 0) is 0 Å². The lowest BCUT2D eigenvalue weighted by atomic mass is 10.0. The fourth-order valence-corrected chi connectivity index (χ4v) is 2.49. The Morgan fingerprint density at radius 3 is 1.92 bits per heavy atom. The van der Waals surface area contributed by atoms with Crippen LogP contribution in [0.15, 0.2) is 78.9 Å². The van der Waals surface area contributed by atoms with Crippen molar-refractivity contribution in [1.29, 1.82) is 0 Å². The monoisotopic (exact) mass is 364 g/mol. The minimum Gasteiger partial charge on any atom is -0.457 e. The van der Waals surface area contributed by atoms with E-state index in [9.17, 15) is 14.4 Å². The maximum Gasteiger partial charge on any atom is 0.252 e. The average Bonchev–Trinajstić information content (AvgIpc) is 2.68. The number of halogens is 1. The zero-order chi connectivity index (χ0) is 18.5. The van der Waals surface area contributed by atoms with Gasteiger partial charge in [-0.05, 0) is 48.0 Å². The molecule has 3 aromatic rings. The smallest absolute Gasteiger partial charge is 0.252 e. The molecule has 0 aromatic heterocycles. The van der Waals surface area contributed by atoms with Crippen molar-refractivity contribution in [2.45, 2.75) is 0 Å². The lowest BCUT2D eigenvalue weighted by Crippen LogP contribution is -2.15. The Balaban J connectivity index is 1.87. The number of carbonyl (C=O) groups excluding carboxylic acids is 3. The zero-order valence-electron chi connectivity index (χ0n) is 13.5. The van der Waals surface area contributed by atoms with Gasteiger partial charge in [0.05, 0.1) is 5.56 Å². The summed E-state index contributed by atoms with van der Waals surface area (Å²) in [6, 6.07) is 21.0. The van der Waals surface area contributed by atoms with E-state index in [4.69, 9.17) is 16.3 Å². The van der Waals surface area contributed by atoms with Crippen LogP contribution in [0.5, 0.6) is 11.5 Å². The van der Waals surface area contributed by atoms with Crippen molar-refractivity contribution < 1.29 is 19.1 Å². The first-order chi connectivity index (χ1) is 12.6. The first-order valence-electron chi connectivity index (χ1n) is 7.77. The van der Waals surface area contributed by atoms with Gasteiger partial charge in [-0.1, -0.05) is 42.5 Å². The molecular weight excluding hydrogens is 352 g/mol. The number of ether oxygens (including phenoxy) is 1. The second kappa shape index (κ2) is 7.76. The third-order valence-electron chi connectivity index (χ3n) is 3.68. The average molecular weight is 365 g/mol. The molecule has 0 aliphatic carbocycles. The molecule has 0 aliphatic rings. The summed E-state index contributed by atoms with van der Waals surface area (Å²) in [4.78, 5) is 36.1. The molecule has 0 fully saturated rings. The third kappa shape index (κ3) is 3.87. The van der Waals surface area contributed by atoms with Crippen LogP contribution in [0, 0.1) is 0 Å². The Morgan fingerprint density at radius 2 is 1.27 bits per heavy atom. The third-order valence-corrected chi connectivity index (χ3v) is 3.90. The number of hydrogen-bond acceptors (Lipinski definition) is 4. The van der Waals surface area contributed by atoms with Crippen molar-refractivity contribution in [2.75, 3.05) is 0 Å². The number of benzene rings is 3. The predicted molar refractivity (Wildman–Crippen MR) is 98.2 cm³/mol. The topological polar surface area (TPSA) is 60.4 Å². The van der Waals surface area contributed by atoms with Gasteiger partial charge < -0.3 is 4.74 Å². The zero-order valence-corrected chi connectivity index (χ0v) is 14.3. The molecule has 26 heavy (non-hydrogen) atoms. The number of rotatable bonds is 6. The van der Waals surface area contributed by atoms with Gasteiger partial charge in [0.2, 0.25) is 11.6 Å². The molecular formula is C21H13ClO4. The Kier molecular flexibility index (Phi) is 5.25. The summed E-state index contributed by atoms with van der Waals surface area (Å²) in [7, 11) is 0. The number of hydrogen-bond donors (Lipinski definition) is 0. The molecule has 0 radical (unpaired) electrons. The largest absolute Gasteiger partial charge is 0.457 e. The second-order valence-corrected chi connectivity index (χ2v) is 5.76. The molecule has 0 amide bonds. The first kappa shape index (κ1) is 17.6. The molecule has 128 valence electrons. The van der Waals surface area contributed by atoms with Gasteiger partial charge >= 0.3 is 0 Å². The molecule has 0 saturated heterocycles. The van der Waals surface area contributed by atoms with Crippen LogP contribution in [0.25, 0.3) is 0 Å². The van der Waals surface area contributed by atoms with E-state index in [0.29, 0.717) is 16.9 Å². The highest BCUT2D eigenvalue weighted by atomic mass is 35.5. The minimum absolute atomic E-state index is 0.166. The standard InChI is InChI=1S/C21H13ClO4/c22-21(25)15-10-12-16(13-11-15)26-18-9-5-4-8-17(18)20(24)19(23)14-6-2-1-3-7-14/h1-13H. The van der Waals surface area contributed by atoms with E-state index in [2.05, 4.69) is 0 Å². The number of carbonyl (C=O) groups is 3. The van der Waals surface area contributed by atoms with Crippen molar-refractivity contribution in [3.63, 3.8) is 0 Å². The molecule has 3 aromatic carbocycles. The van der Waals surface area contributed by atoms with Crippen molar-refractivity contribution in [1.82, 2.24) is 0 Å². The van der Waals surface area contributed by atoms with E-state index in [1.165, 1.54) is 18.2 Å². The Labute approximate surface area is 155 Å². The normalized spacial score (nSPS) is 10.2. The van der Waals surface area contributed by atoms with Crippen molar-refractivity contribution in [2.24, 2.45) is 0 Å². The molecule has 3 rings (SSSR count). The van der Waals surface area contributed by atoms with E-state index in [0.717, 1.165) is 0 Å². The van der Waals surface area contributed by atoms with Gasteiger partial charge in [0.15, 0.2) is 0 Å². The van der Waals surface area contributed by atoms with Gasteiger partial charge in [0.25, 0.3) is 5.24 Å². The van der Waals surface area contributed by atoms with Crippen LogP contribution in [0.1, 0.15) is 31.1 Å². The van der Waals surface area contributed by atoms with Crippen LogP contribution >= 0.6 is 11.6 Å². The van der Waals surface area contributed by atoms with Crippen LogP contribution in [-0.4, -0.2) is 16.8 Å². The number of Topliss-reactive ketones (excluding diaryl/α,β-unsaturated/α-hetero) is 2. The lowest BCUT2D eigenvalue weighted by molar-refractivity contribution is 0.0815. The predicted octanol–water partition coefficient (Wildman–Crippen LogP) is 4.92. The van der Waals surface area contributed by atoms with Gasteiger partial charge in [0, 0.05) is 11.1 Å². The van der Waals surface area contributed by atoms with Crippen molar-refractivity contribution >= 4 is 28.4 Å². The van der Waals surface area contributed by atoms with Gasteiger partial charge in [-0.2, -0.15) is 0 Å². The molecule has 0 atom stereocenters. The SMILES string of the molecule is O=C(Cl)c1ccc(Oc2ccccc2C(=O)C(=O)c2ccccc2)cc1. The minimum atomic E-state index is -0.653. The highest BCUT2D eigenvalue weighted by molar-refractivity contribution is 6.67. The van der Waals surface area contributed by atoms with Crippen LogP contribution in [0.3, 0.4) is 0 Å². The molecule has 0 spiro atoms. The second-order valence-electron chi connectivity index (χ2n) is 5.42. The summed E-state index contributed by atoms with van der Waals surface area (Å²) >= 11 is 5.41. The van der Waals surface area contributed by atoms with Crippen molar-refractivity contribution in [3.8, 4) is 11.5 Å². The molecule has 4 nitrogen and oxygen atoms in total. The van der Waals surface area contributed by atoms with E-state index in [1.54, 1.807) is 60.7 Å². The van der Waals surface area contributed by atoms with Gasteiger partial charge in [-0.3, -0.25) is 14.4 Å². The Hall–Kier alpha value is -3.24.